The zero-order chi connectivity index (χ0) is 10.8. The van der Waals surface area contributed by atoms with Gasteiger partial charge in [0, 0.05) is 11.6 Å². The lowest BCUT2D eigenvalue weighted by Crippen LogP contribution is -1.84. The molecule has 0 amide bonds. The van der Waals surface area contributed by atoms with Gasteiger partial charge in [-0.05, 0) is 30.7 Å². The van der Waals surface area contributed by atoms with Crippen LogP contribution >= 0.6 is 0 Å². The summed E-state index contributed by atoms with van der Waals surface area (Å²) in [7, 11) is 0. The molecule has 15 heavy (non-hydrogen) atoms. The molecule has 0 saturated carbocycles. The minimum absolute atomic E-state index is 0.237. The van der Waals surface area contributed by atoms with E-state index in [1.165, 1.54) is 6.07 Å². The van der Waals surface area contributed by atoms with Gasteiger partial charge in [0.2, 0.25) is 0 Å². The number of H-pyrrole nitrogens is 1. The lowest BCUT2D eigenvalue weighted by atomic mass is 10.1. The second kappa shape index (κ2) is 3.54. The van der Waals surface area contributed by atoms with Gasteiger partial charge in [0.1, 0.15) is 11.9 Å². The number of benzene rings is 1. The number of rotatable bonds is 1. The molecule has 4 heteroatoms. The lowest BCUT2D eigenvalue weighted by molar-refractivity contribution is 0.619. The molecule has 0 saturated heterocycles. The highest BCUT2D eigenvalue weighted by molar-refractivity contribution is 5.61. The molecule has 2 aromatic rings. The first-order valence-electron chi connectivity index (χ1n) is 4.43. The fourth-order valence-corrected chi connectivity index (χ4v) is 1.34. The first-order valence-corrected chi connectivity index (χ1v) is 4.43. The van der Waals surface area contributed by atoms with Gasteiger partial charge in [-0.2, -0.15) is 10.4 Å². The minimum atomic E-state index is -0.237. The molecule has 1 heterocycles. The summed E-state index contributed by atoms with van der Waals surface area (Å²) in [5.74, 6) is -0.237. The molecule has 0 atom stereocenters. The second-order valence-electron chi connectivity index (χ2n) is 3.24. The number of aromatic nitrogens is 2. The molecule has 0 bridgehead atoms. The molecule has 1 aromatic carbocycles. The van der Waals surface area contributed by atoms with Crippen molar-refractivity contribution >= 4 is 0 Å². The summed E-state index contributed by atoms with van der Waals surface area (Å²) < 4.78 is 13.0. The van der Waals surface area contributed by atoms with Crippen LogP contribution in [0.5, 0.6) is 0 Å². The molecular formula is C11H8FN3. The third-order valence-corrected chi connectivity index (χ3v) is 2.16. The van der Waals surface area contributed by atoms with Crippen molar-refractivity contribution in [2.45, 2.75) is 6.92 Å². The SMILES string of the molecule is Cc1cc(-c2cc(C#N)n[nH]2)ccc1F. The standard InChI is InChI=1S/C11H8FN3/c1-7-4-8(2-3-10(7)12)11-5-9(6-13)14-15-11/h2-5H,1H3,(H,14,15). The van der Waals surface area contributed by atoms with Crippen molar-refractivity contribution in [1.82, 2.24) is 10.2 Å². The summed E-state index contributed by atoms with van der Waals surface area (Å²) in [6, 6.07) is 8.32. The quantitative estimate of drug-likeness (QED) is 0.770. The average molecular weight is 201 g/mol. The van der Waals surface area contributed by atoms with Crippen molar-refractivity contribution in [1.29, 1.82) is 5.26 Å². The number of nitriles is 1. The van der Waals surface area contributed by atoms with E-state index in [0.29, 0.717) is 11.3 Å². The Labute approximate surface area is 86.2 Å². The zero-order valence-corrected chi connectivity index (χ0v) is 8.08. The number of halogens is 1. The summed E-state index contributed by atoms with van der Waals surface area (Å²) in [4.78, 5) is 0. The van der Waals surface area contributed by atoms with Crippen molar-refractivity contribution in [3.8, 4) is 17.3 Å². The zero-order valence-electron chi connectivity index (χ0n) is 8.08. The molecule has 0 radical (unpaired) electrons. The number of aryl methyl sites for hydroxylation is 1. The fourth-order valence-electron chi connectivity index (χ4n) is 1.34. The third-order valence-electron chi connectivity index (χ3n) is 2.16. The second-order valence-corrected chi connectivity index (χ2v) is 3.24. The van der Waals surface area contributed by atoms with Crippen LogP contribution in [0.25, 0.3) is 11.3 Å². The smallest absolute Gasteiger partial charge is 0.162 e. The molecule has 0 unspecified atom stereocenters. The number of hydrogen-bond acceptors (Lipinski definition) is 2. The normalized spacial score (nSPS) is 9.93. The van der Waals surface area contributed by atoms with Gasteiger partial charge in [-0.1, -0.05) is 0 Å². The Morgan fingerprint density at radius 3 is 2.80 bits per heavy atom. The topological polar surface area (TPSA) is 52.5 Å². The van der Waals surface area contributed by atoms with Gasteiger partial charge < -0.3 is 0 Å². The highest BCUT2D eigenvalue weighted by Gasteiger charge is 2.04. The Hall–Kier alpha value is -2.15. The van der Waals surface area contributed by atoms with Crippen molar-refractivity contribution in [3.63, 3.8) is 0 Å². The van der Waals surface area contributed by atoms with Gasteiger partial charge in [-0.3, -0.25) is 5.10 Å². The monoisotopic (exact) mass is 201 g/mol. The van der Waals surface area contributed by atoms with Gasteiger partial charge in [-0.15, -0.1) is 0 Å². The molecular weight excluding hydrogens is 193 g/mol. The summed E-state index contributed by atoms with van der Waals surface area (Å²) in [6.07, 6.45) is 0. The molecule has 1 aromatic heterocycles. The van der Waals surface area contributed by atoms with Crippen LogP contribution in [0.2, 0.25) is 0 Å². The van der Waals surface area contributed by atoms with Crippen LogP contribution in [0.4, 0.5) is 4.39 Å². The Morgan fingerprint density at radius 1 is 1.40 bits per heavy atom. The number of nitrogens with one attached hydrogen (secondary N) is 1. The predicted octanol–water partition coefficient (Wildman–Crippen LogP) is 2.40. The lowest BCUT2D eigenvalue weighted by Gasteiger charge is -1.99. The maximum absolute atomic E-state index is 13.0. The third kappa shape index (κ3) is 1.72. The van der Waals surface area contributed by atoms with Crippen molar-refractivity contribution in [3.05, 3.63) is 41.3 Å². The van der Waals surface area contributed by atoms with E-state index >= 15 is 0 Å². The average Bonchev–Trinajstić information content (AvgIpc) is 2.70. The number of hydrogen-bond donors (Lipinski definition) is 1. The Balaban J connectivity index is 2.46. The van der Waals surface area contributed by atoms with E-state index in [1.807, 2.05) is 6.07 Å². The van der Waals surface area contributed by atoms with Crippen LogP contribution in [0.3, 0.4) is 0 Å². The van der Waals surface area contributed by atoms with Gasteiger partial charge in [0.15, 0.2) is 5.69 Å². The largest absolute Gasteiger partial charge is 0.277 e. The first kappa shape index (κ1) is 9.41. The summed E-state index contributed by atoms with van der Waals surface area (Å²) >= 11 is 0. The maximum Gasteiger partial charge on any atom is 0.162 e. The minimum Gasteiger partial charge on any atom is -0.277 e. The van der Waals surface area contributed by atoms with Crippen LogP contribution in [0.1, 0.15) is 11.3 Å². The van der Waals surface area contributed by atoms with E-state index in [0.717, 1.165) is 11.3 Å². The van der Waals surface area contributed by atoms with Gasteiger partial charge in [0.05, 0.1) is 5.69 Å². The van der Waals surface area contributed by atoms with Gasteiger partial charge >= 0.3 is 0 Å². The summed E-state index contributed by atoms with van der Waals surface area (Å²) in [5.41, 5.74) is 2.44. The maximum atomic E-state index is 13.0. The van der Waals surface area contributed by atoms with Crippen LogP contribution in [0, 0.1) is 24.1 Å². The highest BCUT2D eigenvalue weighted by atomic mass is 19.1. The van der Waals surface area contributed by atoms with Crippen molar-refractivity contribution in [2.24, 2.45) is 0 Å². The molecule has 0 aliphatic rings. The molecule has 3 nitrogen and oxygen atoms in total. The van der Waals surface area contributed by atoms with E-state index in [4.69, 9.17) is 5.26 Å². The molecule has 74 valence electrons. The number of aromatic amines is 1. The molecule has 2 rings (SSSR count). The fraction of sp³-hybridized carbons (Fsp3) is 0.0909. The van der Waals surface area contributed by atoms with Crippen LogP contribution in [-0.2, 0) is 0 Å². The molecule has 1 N–H and O–H groups in total. The van der Waals surface area contributed by atoms with Crippen molar-refractivity contribution < 1.29 is 4.39 Å². The van der Waals surface area contributed by atoms with Crippen LogP contribution < -0.4 is 0 Å². The van der Waals surface area contributed by atoms with E-state index in [-0.39, 0.29) is 5.82 Å². The van der Waals surface area contributed by atoms with E-state index < -0.39 is 0 Å². The van der Waals surface area contributed by atoms with E-state index in [1.54, 1.807) is 25.1 Å². The van der Waals surface area contributed by atoms with Gasteiger partial charge in [0.25, 0.3) is 0 Å². The molecule has 0 aliphatic carbocycles. The van der Waals surface area contributed by atoms with Crippen LogP contribution in [0.15, 0.2) is 24.3 Å². The Morgan fingerprint density at radius 2 is 2.20 bits per heavy atom. The van der Waals surface area contributed by atoms with E-state index in [2.05, 4.69) is 10.2 Å². The highest BCUT2D eigenvalue weighted by Crippen LogP contribution is 2.20. The molecule has 0 fully saturated rings. The van der Waals surface area contributed by atoms with E-state index in [9.17, 15) is 4.39 Å². The predicted molar refractivity (Wildman–Crippen MR) is 53.4 cm³/mol. The molecule has 0 aliphatic heterocycles. The summed E-state index contributed by atoms with van der Waals surface area (Å²) in [6.45, 7) is 1.69. The first-order chi connectivity index (χ1) is 7.20. The summed E-state index contributed by atoms with van der Waals surface area (Å²) in [5, 5.41) is 15.1. The van der Waals surface area contributed by atoms with Crippen molar-refractivity contribution in [2.75, 3.05) is 0 Å². The Kier molecular flexibility index (Phi) is 2.22. The van der Waals surface area contributed by atoms with Crippen LogP contribution in [-0.4, -0.2) is 10.2 Å². The molecule has 0 spiro atoms. The number of nitrogens with zero attached hydrogens (tertiary/aromatic N) is 2. The van der Waals surface area contributed by atoms with Gasteiger partial charge in [-0.25, -0.2) is 4.39 Å². The Bertz CT molecular complexity index is 537.